The van der Waals surface area contributed by atoms with Crippen LogP contribution in [0.3, 0.4) is 0 Å². The van der Waals surface area contributed by atoms with Gasteiger partial charge in [0, 0.05) is 23.5 Å². The largest absolute Gasteiger partial charge is 0.484 e. The number of ether oxygens (including phenoxy) is 1. The molecule has 1 saturated carbocycles. The Morgan fingerprint density at radius 2 is 1.87 bits per heavy atom. The number of benzene rings is 2. The number of hydrogen-bond donors (Lipinski definition) is 2. The van der Waals surface area contributed by atoms with Crippen molar-refractivity contribution in [2.45, 2.75) is 44.7 Å². The highest BCUT2D eigenvalue weighted by Gasteiger charge is 2.23. The Bertz CT molecular complexity index is 1080. The van der Waals surface area contributed by atoms with Crippen LogP contribution in [0.4, 0.5) is 10.2 Å². The number of nitrogens with one attached hydrogen (secondary N) is 2. The smallest absolute Gasteiger partial charge is 0.258 e. The third kappa shape index (κ3) is 5.44. The number of fused-ring (bicyclic) bond motifs is 1. The molecule has 1 aromatic heterocycles. The molecular formula is C24H25ClFN3O2. The molecule has 1 amide bonds. The number of carbonyl (C=O) groups excluding carboxylic acids is 1. The first-order valence-electron chi connectivity index (χ1n) is 10.5. The Morgan fingerprint density at radius 3 is 2.65 bits per heavy atom. The number of carbonyl (C=O) groups is 1. The van der Waals surface area contributed by atoms with Gasteiger partial charge in [0.2, 0.25) is 0 Å². The van der Waals surface area contributed by atoms with Crippen LogP contribution < -0.4 is 15.4 Å². The lowest BCUT2D eigenvalue weighted by atomic mass is 9.91. The van der Waals surface area contributed by atoms with Gasteiger partial charge in [-0.15, -0.1) is 0 Å². The average molecular weight is 442 g/mol. The van der Waals surface area contributed by atoms with Crippen molar-refractivity contribution in [1.29, 1.82) is 0 Å². The maximum Gasteiger partial charge on any atom is 0.258 e. The third-order valence-corrected chi connectivity index (χ3v) is 5.92. The van der Waals surface area contributed by atoms with Crippen molar-refractivity contribution in [1.82, 2.24) is 10.3 Å². The molecule has 1 heterocycles. The molecule has 5 nitrogen and oxygen atoms in total. The summed E-state index contributed by atoms with van der Waals surface area (Å²) in [6.45, 7) is 1.98. The van der Waals surface area contributed by atoms with Crippen molar-refractivity contribution in [3.8, 4) is 5.75 Å². The number of halogens is 2. The summed E-state index contributed by atoms with van der Waals surface area (Å²) in [6.07, 6.45) is 3.68. The highest BCUT2D eigenvalue weighted by atomic mass is 35.5. The Hall–Kier alpha value is -2.86. The molecule has 0 bridgehead atoms. The predicted octanol–water partition coefficient (Wildman–Crippen LogP) is 5.25. The second kappa shape index (κ2) is 9.52. The molecule has 3 aromatic rings. The van der Waals surface area contributed by atoms with Crippen LogP contribution in [0.1, 0.15) is 31.2 Å². The van der Waals surface area contributed by atoms with E-state index in [9.17, 15) is 9.18 Å². The topological polar surface area (TPSA) is 63.2 Å². The van der Waals surface area contributed by atoms with E-state index in [0.29, 0.717) is 11.8 Å². The number of rotatable bonds is 6. The Labute approximate surface area is 186 Å². The molecule has 1 aliphatic rings. The molecule has 1 fully saturated rings. The van der Waals surface area contributed by atoms with Gasteiger partial charge in [-0.05, 0) is 62.4 Å². The van der Waals surface area contributed by atoms with Crippen molar-refractivity contribution >= 4 is 34.2 Å². The van der Waals surface area contributed by atoms with Crippen LogP contribution in [-0.4, -0.2) is 29.6 Å². The number of pyridine rings is 1. The summed E-state index contributed by atoms with van der Waals surface area (Å²) >= 11 is 5.73. The first-order valence-corrected chi connectivity index (χ1v) is 10.9. The van der Waals surface area contributed by atoms with E-state index in [1.54, 1.807) is 0 Å². The first kappa shape index (κ1) is 21.4. The minimum atomic E-state index is -0.516. The highest BCUT2D eigenvalue weighted by Crippen LogP contribution is 2.25. The van der Waals surface area contributed by atoms with Gasteiger partial charge >= 0.3 is 0 Å². The summed E-state index contributed by atoms with van der Waals surface area (Å²) in [6, 6.07) is 14.7. The molecule has 4 rings (SSSR count). The van der Waals surface area contributed by atoms with E-state index in [1.807, 2.05) is 18.2 Å². The van der Waals surface area contributed by atoms with Gasteiger partial charge < -0.3 is 15.4 Å². The normalized spacial score (nSPS) is 18.5. The number of hydrogen-bond acceptors (Lipinski definition) is 4. The first-order chi connectivity index (χ1) is 15.0. The van der Waals surface area contributed by atoms with Crippen LogP contribution in [0.25, 0.3) is 10.9 Å². The summed E-state index contributed by atoms with van der Waals surface area (Å²) in [5.74, 6) is 0.559. The summed E-state index contributed by atoms with van der Waals surface area (Å²) in [5, 5.41) is 7.71. The fourth-order valence-corrected chi connectivity index (χ4v) is 4.17. The van der Waals surface area contributed by atoms with E-state index in [0.717, 1.165) is 37.0 Å². The minimum absolute atomic E-state index is 0.0279. The monoisotopic (exact) mass is 441 g/mol. The molecule has 2 aromatic carbocycles. The van der Waals surface area contributed by atoms with Gasteiger partial charge in [-0.2, -0.15) is 0 Å². The lowest BCUT2D eigenvalue weighted by molar-refractivity contribution is -0.124. The van der Waals surface area contributed by atoms with Gasteiger partial charge in [-0.1, -0.05) is 29.8 Å². The standard InChI is InChI=1S/C24H25ClFN3O2/c1-15-12-23(29-22-5-3-2-4-19(15)22)27-16-6-8-17(9-7-16)28-24(30)14-31-18-10-11-21(26)20(25)13-18/h2-5,10-13,16-17H,6-9,14H2,1H3,(H,27,29)(H,28,30)/t16-,17+. The van der Waals surface area contributed by atoms with E-state index >= 15 is 0 Å². The van der Waals surface area contributed by atoms with Crippen molar-refractivity contribution in [2.24, 2.45) is 0 Å². The molecule has 0 spiro atoms. The Kier molecular flexibility index (Phi) is 6.56. The number of nitrogens with zero attached hydrogens (tertiary/aromatic N) is 1. The molecule has 2 N–H and O–H groups in total. The van der Waals surface area contributed by atoms with Crippen LogP contribution in [0.15, 0.2) is 48.5 Å². The molecule has 0 aliphatic heterocycles. The van der Waals surface area contributed by atoms with Gasteiger partial charge in [0.25, 0.3) is 5.91 Å². The van der Waals surface area contributed by atoms with E-state index in [-0.39, 0.29) is 23.6 Å². The molecule has 0 unspecified atom stereocenters. The highest BCUT2D eigenvalue weighted by molar-refractivity contribution is 6.30. The number of amides is 1. The maximum atomic E-state index is 13.2. The molecule has 0 radical (unpaired) electrons. The molecule has 7 heteroatoms. The van der Waals surface area contributed by atoms with E-state index in [2.05, 4.69) is 29.7 Å². The minimum Gasteiger partial charge on any atom is -0.484 e. The Morgan fingerprint density at radius 1 is 1.13 bits per heavy atom. The third-order valence-electron chi connectivity index (χ3n) is 5.63. The molecular weight excluding hydrogens is 417 g/mol. The fourth-order valence-electron chi connectivity index (χ4n) is 4.00. The van der Waals surface area contributed by atoms with Gasteiger partial charge in [0.15, 0.2) is 6.61 Å². The van der Waals surface area contributed by atoms with Crippen LogP contribution in [0.5, 0.6) is 5.75 Å². The number of aryl methyl sites for hydroxylation is 1. The number of para-hydroxylation sites is 1. The fraction of sp³-hybridized carbons (Fsp3) is 0.333. The molecule has 0 atom stereocenters. The summed E-state index contributed by atoms with van der Waals surface area (Å²) < 4.78 is 18.6. The SMILES string of the molecule is Cc1cc(N[C@H]2CC[C@@H](NC(=O)COc3ccc(F)c(Cl)c3)CC2)nc2ccccc12. The van der Waals surface area contributed by atoms with E-state index in [1.165, 1.54) is 29.1 Å². The summed E-state index contributed by atoms with van der Waals surface area (Å²) in [7, 11) is 0. The van der Waals surface area contributed by atoms with Crippen molar-refractivity contribution in [3.05, 3.63) is 64.9 Å². The van der Waals surface area contributed by atoms with E-state index < -0.39 is 5.82 Å². The molecule has 31 heavy (non-hydrogen) atoms. The lowest BCUT2D eigenvalue weighted by Crippen LogP contribution is -2.42. The summed E-state index contributed by atoms with van der Waals surface area (Å²) in [5.41, 5.74) is 2.20. The van der Waals surface area contributed by atoms with E-state index in [4.69, 9.17) is 21.3 Å². The maximum absolute atomic E-state index is 13.2. The summed E-state index contributed by atoms with van der Waals surface area (Å²) in [4.78, 5) is 16.9. The quantitative estimate of drug-likeness (QED) is 0.548. The van der Waals surface area contributed by atoms with Crippen LogP contribution >= 0.6 is 11.6 Å². The molecule has 1 aliphatic carbocycles. The van der Waals surface area contributed by atoms with Gasteiger partial charge in [0.1, 0.15) is 17.4 Å². The van der Waals surface area contributed by atoms with Gasteiger partial charge in [-0.3, -0.25) is 4.79 Å². The van der Waals surface area contributed by atoms with Crippen molar-refractivity contribution in [2.75, 3.05) is 11.9 Å². The second-order valence-corrected chi connectivity index (χ2v) is 8.37. The molecule has 162 valence electrons. The van der Waals surface area contributed by atoms with Crippen LogP contribution in [-0.2, 0) is 4.79 Å². The zero-order valence-corrected chi connectivity index (χ0v) is 18.1. The predicted molar refractivity (Wildman–Crippen MR) is 121 cm³/mol. The van der Waals surface area contributed by atoms with Crippen molar-refractivity contribution in [3.63, 3.8) is 0 Å². The Balaban J connectivity index is 1.24. The van der Waals surface area contributed by atoms with Gasteiger partial charge in [-0.25, -0.2) is 9.37 Å². The zero-order valence-electron chi connectivity index (χ0n) is 17.3. The van der Waals surface area contributed by atoms with Crippen LogP contribution in [0.2, 0.25) is 5.02 Å². The van der Waals surface area contributed by atoms with Crippen molar-refractivity contribution < 1.29 is 13.9 Å². The van der Waals surface area contributed by atoms with Gasteiger partial charge in [0.05, 0.1) is 10.5 Å². The number of anilines is 1. The molecule has 0 saturated heterocycles. The zero-order chi connectivity index (χ0) is 21.8. The second-order valence-electron chi connectivity index (χ2n) is 7.97. The average Bonchev–Trinajstić information content (AvgIpc) is 2.76. The number of aromatic nitrogens is 1. The lowest BCUT2D eigenvalue weighted by Gasteiger charge is -2.30. The van der Waals surface area contributed by atoms with Crippen LogP contribution in [0, 0.1) is 12.7 Å².